The van der Waals surface area contributed by atoms with Crippen LogP contribution in [0.3, 0.4) is 0 Å². The summed E-state index contributed by atoms with van der Waals surface area (Å²) >= 11 is 0. The molecule has 2 heteroatoms. The zero-order valence-electron chi connectivity index (χ0n) is 32.4. The van der Waals surface area contributed by atoms with E-state index in [-0.39, 0.29) is 0 Å². The second kappa shape index (κ2) is 12.8. The fourth-order valence-corrected chi connectivity index (χ4v) is 9.95. The van der Waals surface area contributed by atoms with Crippen LogP contribution >= 0.6 is 0 Å². The quantitative estimate of drug-likeness (QED) is 0.167. The van der Waals surface area contributed by atoms with Crippen LogP contribution in [0.25, 0.3) is 131 Å². The first kappa shape index (κ1) is 33.1. The first-order valence-electron chi connectivity index (χ1n) is 20.6. The number of para-hydroxylation sites is 2. The van der Waals surface area contributed by atoms with Gasteiger partial charge >= 0.3 is 0 Å². The van der Waals surface area contributed by atoms with Gasteiger partial charge in [-0.15, -0.1) is 0 Å². The van der Waals surface area contributed by atoms with E-state index in [0.29, 0.717) is 0 Å². The number of rotatable bonds is 4. The Morgan fingerprint density at radius 1 is 0.233 bits per heavy atom. The van der Waals surface area contributed by atoms with Gasteiger partial charge in [0, 0.05) is 32.7 Å². The van der Waals surface area contributed by atoms with Gasteiger partial charge in [0.25, 0.3) is 0 Å². The van der Waals surface area contributed by atoms with Gasteiger partial charge in [0.05, 0.1) is 0 Å². The molecule has 0 aliphatic heterocycles. The van der Waals surface area contributed by atoms with Crippen molar-refractivity contribution < 1.29 is 8.83 Å². The summed E-state index contributed by atoms with van der Waals surface area (Å²) in [6.45, 7) is 0. The third-order valence-corrected chi connectivity index (χ3v) is 12.6. The number of hydrogen-bond acceptors (Lipinski definition) is 2. The molecule has 278 valence electrons. The van der Waals surface area contributed by atoms with E-state index in [2.05, 4.69) is 206 Å². The molecule has 2 heterocycles. The van der Waals surface area contributed by atoms with Gasteiger partial charge in [0.1, 0.15) is 22.3 Å². The Bertz CT molecular complexity index is 3650. The highest BCUT2D eigenvalue weighted by molar-refractivity contribution is 6.27. The lowest BCUT2D eigenvalue weighted by Gasteiger charge is -2.19. The normalized spacial score (nSPS) is 12.0. The third-order valence-electron chi connectivity index (χ3n) is 12.6. The molecule has 0 atom stereocenters. The number of benzene rings is 11. The molecular weight excluding hydrogens is 729 g/mol. The van der Waals surface area contributed by atoms with E-state index in [1.807, 2.05) is 0 Å². The molecule has 60 heavy (non-hydrogen) atoms. The van der Waals surface area contributed by atoms with Crippen LogP contribution in [-0.2, 0) is 0 Å². The predicted molar refractivity (Wildman–Crippen MR) is 253 cm³/mol. The topological polar surface area (TPSA) is 26.3 Å². The molecule has 0 saturated heterocycles. The molecule has 0 amide bonds. The maximum atomic E-state index is 6.86. The van der Waals surface area contributed by atoms with E-state index in [0.717, 1.165) is 82.5 Å². The average Bonchev–Trinajstić information content (AvgIpc) is 3.87. The van der Waals surface area contributed by atoms with Gasteiger partial charge in [0.2, 0.25) is 0 Å². The Kier molecular flexibility index (Phi) is 7.05. The molecule has 0 bridgehead atoms. The second-order valence-corrected chi connectivity index (χ2v) is 15.9. The van der Waals surface area contributed by atoms with Crippen molar-refractivity contribution in [2.75, 3.05) is 0 Å². The zero-order chi connectivity index (χ0) is 39.3. The molecule has 11 aromatic carbocycles. The fraction of sp³-hybridized carbons (Fsp3) is 0. The molecule has 0 saturated carbocycles. The standard InChI is InChI=1S/C58H34O2/c1-2-14-35(15-3-1)36-28-30-37(31-29-36)54-44-22-12-24-46(55-40-18-6-4-16-38(40)32-50-42-20-8-10-26-52(42)59-57(50)55)48(44)34-49-45(54)23-13-25-47(49)56-41-19-7-5-17-39(41)33-51-43-21-9-11-27-53(43)60-58(51)56/h1-34H. The molecule has 0 unspecified atom stereocenters. The van der Waals surface area contributed by atoms with E-state index in [4.69, 9.17) is 8.83 Å². The second-order valence-electron chi connectivity index (χ2n) is 15.9. The molecule has 13 aromatic rings. The van der Waals surface area contributed by atoms with Gasteiger partial charge in [-0.2, -0.15) is 0 Å². The summed E-state index contributed by atoms with van der Waals surface area (Å²) < 4.78 is 13.7. The van der Waals surface area contributed by atoms with Gasteiger partial charge in [-0.1, -0.05) is 176 Å². The summed E-state index contributed by atoms with van der Waals surface area (Å²) in [7, 11) is 0. The smallest absolute Gasteiger partial charge is 0.143 e. The molecule has 0 aliphatic carbocycles. The monoisotopic (exact) mass is 762 g/mol. The molecule has 2 nitrogen and oxygen atoms in total. The summed E-state index contributed by atoms with van der Waals surface area (Å²) in [6.07, 6.45) is 0. The minimum atomic E-state index is 0.891. The van der Waals surface area contributed by atoms with Crippen molar-refractivity contribution in [1.82, 2.24) is 0 Å². The van der Waals surface area contributed by atoms with Crippen molar-refractivity contribution >= 4 is 87.0 Å². The van der Waals surface area contributed by atoms with E-state index < -0.39 is 0 Å². The highest BCUT2D eigenvalue weighted by atomic mass is 16.3. The number of fused-ring (bicyclic) bond motifs is 10. The average molecular weight is 763 g/mol. The fourth-order valence-electron chi connectivity index (χ4n) is 9.95. The van der Waals surface area contributed by atoms with Crippen LogP contribution in [0.15, 0.2) is 215 Å². The Morgan fingerprint density at radius 3 is 1.18 bits per heavy atom. The third kappa shape index (κ3) is 4.82. The molecule has 0 fully saturated rings. The van der Waals surface area contributed by atoms with Gasteiger partial charge in [-0.05, 0) is 107 Å². The first-order valence-corrected chi connectivity index (χ1v) is 20.6. The van der Waals surface area contributed by atoms with Crippen molar-refractivity contribution in [3.05, 3.63) is 206 Å². The van der Waals surface area contributed by atoms with E-state index in [1.54, 1.807) is 0 Å². The van der Waals surface area contributed by atoms with E-state index >= 15 is 0 Å². The van der Waals surface area contributed by atoms with Crippen LogP contribution in [0, 0.1) is 0 Å². The molecule has 0 N–H and O–H groups in total. The van der Waals surface area contributed by atoms with Crippen LogP contribution in [0.1, 0.15) is 0 Å². The number of furan rings is 2. The van der Waals surface area contributed by atoms with Crippen molar-refractivity contribution in [2.24, 2.45) is 0 Å². The van der Waals surface area contributed by atoms with Crippen LogP contribution < -0.4 is 0 Å². The molecule has 0 aliphatic rings. The zero-order valence-corrected chi connectivity index (χ0v) is 32.4. The summed E-state index contributed by atoms with van der Waals surface area (Å²) in [6, 6.07) is 74.5. The minimum Gasteiger partial charge on any atom is -0.455 e. The Hall–Kier alpha value is -7.94. The molecule has 13 rings (SSSR count). The van der Waals surface area contributed by atoms with Crippen molar-refractivity contribution in [2.45, 2.75) is 0 Å². The highest BCUT2D eigenvalue weighted by Crippen LogP contribution is 2.49. The number of hydrogen-bond donors (Lipinski definition) is 0. The predicted octanol–water partition coefficient (Wildman–Crippen LogP) is 16.8. The minimum absolute atomic E-state index is 0.891. The van der Waals surface area contributed by atoms with Crippen LogP contribution in [-0.4, -0.2) is 0 Å². The molecular formula is C58H34O2. The van der Waals surface area contributed by atoms with Crippen LogP contribution in [0.5, 0.6) is 0 Å². The van der Waals surface area contributed by atoms with E-state index in [9.17, 15) is 0 Å². The molecule has 2 aromatic heterocycles. The lowest BCUT2D eigenvalue weighted by molar-refractivity contribution is 0.670. The van der Waals surface area contributed by atoms with Crippen molar-refractivity contribution in [3.63, 3.8) is 0 Å². The largest absolute Gasteiger partial charge is 0.455 e. The summed E-state index contributed by atoms with van der Waals surface area (Å²) in [5.41, 5.74) is 12.8. The molecule has 0 radical (unpaired) electrons. The first-order chi connectivity index (χ1) is 29.8. The summed E-state index contributed by atoms with van der Waals surface area (Å²) in [5, 5.41) is 13.9. The maximum Gasteiger partial charge on any atom is 0.143 e. The van der Waals surface area contributed by atoms with Crippen molar-refractivity contribution in [1.29, 1.82) is 0 Å². The summed E-state index contributed by atoms with van der Waals surface area (Å²) in [5.74, 6) is 0. The van der Waals surface area contributed by atoms with E-state index in [1.165, 1.54) is 49.0 Å². The van der Waals surface area contributed by atoms with Crippen LogP contribution in [0.4, 0.5) is 0 Å². The molecule has 0 spiro atoms. The lowest BCUT2D eigenvalue weighted by atomic mass is 9.84. The van der Waals surface area contributed by atoms with Gasteiger partial charge < -0.3 is 8.83 Å². The highest BCUT2D eigenvalue weighted by Gasteiger charge is 2.23. The Balaban J connectivity index is 1.19. The van der Waals surface area contributed by atoms with Crippen molar-refractivity contribution in [3.8, 4) is 44.5 Å². The Morgan fingerprint density at radius 2 is 0.650 bits per heavy atom. The van der Waals surface area contributed by atoms with Gasteiger partial charge in [-0.3, -0.25) is 0 Å². The SMILES string of the molecule is c1ccc(-c2ccc(-c3c4cccc(-c5c6ccccc6cc6c5oc5ccccc56)c4cc4c(-c5c6ccccc6cc6c5oc5ccccc56)cccc34)cc2)cc1. The maximum absolute atomic E-state index is 6.86. The lowest BCUT2D eigenvalue weighted by Crippen LogP contribution is -1.92. The van der Waals surface area contributed by atoms with Crippen LogP contribution in [0.2, 0.25) is 0 Å². The Labute approximate surface area is 345 Å². The van der Waals surface area contributed by atoms with Gasteiger partial charge in [0.15, 0.2) is 0 Å². The summed E-state index contributed by atoms with van der Waals surface area (Å²) in [4.78, 5) is 0. The van der Waals surface area contributed by atoms with Gasteiger partial charge in [-0.25, -0.2) is 0 Å².